The van der Waals surface area contributed by atoms with Crippen molar-refractivity contribution in [2.75, 3.05) is 18.8 Å². The van der Waals surface area contributed by atoms with Gasteiger partial charge in [-0.25, -0.2) is 0 Å². The van der Waals surface area contributed by atoms with Gasteiger partial charge in [0.2, 0.25) is 5.91 Å². The fourth-order valence-electron chi connectivity index (χ4n) is 2.94. The number of aromatic amines is 1. The van der Waals surface area contributed by atoms with E-state index in [1.165, 1.54) is 11.8 Å². The molecule has 1 saturated heterocycles. The summed E-state index contributed by atoms with van der Waals surface area (Å²) in [6.45, 7) is 1.42. The summed E-state index contributed by atoms with van der Waals surface area (Å²) in [4.78, 5) is 30.0. The van der Waals surface area contributed by atoms with Crippen molar-refractivity contribution in [2.24, 2.45) is 0 Å². The molecular formula is C17H20N4O3S. The molecular weight excluding hydrogens is 340 g/mol. The third-order valence-corrected chi connectivity index (χ3v) is 5.27. The van der Waals surface area contributed by atoms with Gasteiger partial charge in [0, 0.05) is 42.0 Å². The molecule has 0 unspecified atom stereocenters. The van der Waals surface area contributed by atoms with Crippen LogP contribution in [-0.4, -0.2) is 55.9 Å². The topological polar surface area (TPSA) is 99.2 Å². The molecule has 0 aliphatic carbocycles. The summed E-state index contributed by atoms with van der Waals surface area (Å²) in [5.41, 5.74) is 1.52. The molecule has 2 aromatic rings. The van der Waals surface area contributed by atoms with E-state index in [1.54, 1.807) is 12.4 Å². The van der Waals surface area contributed by atoms with Gasteiger partial charge in [-0.1, -0.05) is 0 Å². The molecule has 2 N–H and O–H groups in total. The van der Waals surface area contributed by atoms with E-state index in [0.717, 1.165) is 23.4 Å². The van der Waals surface area contributed by atoms with Crippen LogP contribution in [0.1, 0.15) is 30.1 Å². The number of nitrogens with zero attached hydrogens (tertiary/aromatic N) is 3. The molecule has 2 aromatic heterocycles. The molecule has 0 radical (unpaired) electrons. The minimum absolute atomic E-state index is 0.0451. The van der Waals surface area contributed by atoms with Gasteiger partial charge in [-0.2, -0.15) is 5.10 Å². The molecule has 8 heteroatoms. The SMILES string of the molecule is O=C(O)Cc1cc(C2CCN(C(=O)CSc3ccncc3)CC2)n[nH]1. The summed E-state index contributed by atoms with van der Waals surface area (Å²) in [7, 11) is 0. The molecule has 3 heterocycles. The second-order valence-corrected chi connectivity index (χ2v) is 7.06. The first-order chi connectivity index (χ1) is 12.1. The summed E-state index contributed by atoms with van der Waals surface area (Å²) in [5.74, 6) is -0.0216. The van der Waals surface area contributed by atoms with Crippen LogP contribution in [0.2, 0.25) is 0 Å². The largest absolute Gasteiger partial charge is 0.481 e. The van der Waals surface area contributed by atoms with E-state index in [-0.39, 0.29) is 18.2 Å². The number of carboxylic acids is 1. The number of carbonyl (C=O) groups is 2. The van der Waals surface area contributed by atoms with Crippen molar-refractivity contribution >= 4 is 23.6 Å². The third-order valence-electron chi connectivity index (χ3n) is 4.27. The predicted molar refractivity (Wildman–Crippen MR) is 93.4 cm³/mol. The molecule has 1 amide bonds. The highest BCUT2D eigenvalue weighted by Crippen LogP contribution is 2.28. The van der Waals surface area contributed by atoms with E-state index in [1.807, 2.05) is 23.1 Å². The quantitative estimate of drug-likeness (QED) is 0.764. The lowest BCUT2D eigenvalue weighted by atomic mass is 9.93. The fourth-order valence-corrected chi connectivity index (χ4v) is 3.72. The summed E-state index contributed by atoms with van der Waals surface area (Å²) in [6, 6.07) is 5.63. The third kappa shape index (κ3) is 4.82. The minimum atomic E-state index is -0.873. The molecule has 0 bridgehead atoms. The molecule has 0 atom stereocenters. The van der Waals surface area contributed by atoms with E-state index in [0.29, 0.717) is 24.5 Å². The number of nitrogens with one attached hydrogen (secondary N) is 1. The lowest BCUT2D eigenvalue weighted by molar-refractivity contribution is -0.136. The molecule has 1 aliphatic rings. The first-order valence-electron chi connectivity index (χ1n) is 8.18. The van der Waals surface area contributed by atoms with Crippen molar-refractivity contribution in [3.63, 3.8) is 0 Å². The normalized spacial score (nSPS) is 15.3. The highest BCUT2D eigenvalue weighted by atomic mass is 32.2. The number of hydrogen-bond acceptors (Lipinski definition) is 5. The van der Waals surface area contributed by atoms with Crippen molar-refractivity contribution in [3.05, 3.63) is 42.0 Å². The Labute approximate surface area is 149 Å². The number of rotatable bonds is 6. The summed E-state index contributed by atoms with van der Waals surface area (Å²) in [6.07, 6.45) is 5.10. The average Bonchev–Trinajstić information content (AvgIpc) is 3.08. The summed E-state index contributed by atoms with van der Waals surface area (Å²) in [5, 5.41) is 15.8. The Balaban J connectivity index is 1.47. The highest BCUT2D eigenvalue weighted by molar-refractivity contribution is 8.00. The van der Waals surface area contributed by atoms with Crippen LogP contribution in [0, 0.1) is 0 Å². The Morgan fingerprint density at radius 1 is 1.28 bits per heavy atom. The Bertz CT molecular complexity index is 727. The average molecular weight is 360 g/mol. The molecule has 25 heavy (non-hydrogen) atoms. The van der Waals surface area contributed by atoms with E-state index in [4.69, 9.17) is 5.11 Å². The van der Waals surface area contributed by atoms with Crippen molar-refractivity contribution in [3.8, 4) is 0 Å². The van der Waals surface area contributed by atoms with Crippen molar-refractivity contribution in [1.29, 1.82) is 0 Å². The first kappa shape index (κ1) is 17.5. The van der Waals surface area contributed by atoms with E-state index in [2.05, 4.69) is 15.2 Å². The Hall–Kier alpha value is -2.35. The fraction of sp³-hybridized carbons (Fsp3) is 0.412. The van der Waals surface area contributed by atoms with Gasteiger partial charge in [0.15, 0.2) is 0 Å². The number of pyridine rings is 1. The second kappa shape index (κ2) is 8.15. The van der Waals surface area contributed by atoms with Crippen LogP contribution in [0.4, 0.5) is 0 Å². The van der Waals surface area contributed by atoms with Gasteiger partial charge < -0.3 is 10.0 Å². The van der Waals surface area contributed by atoms with Crippen LogP contribution in [0.25, 0.3) is 0 Å². The van der Waals surface area contributed by atoms with Gasteiger partial charge in [-0.05, 0) is 31.0 Å². The number of aromatic nitrogens is 3. The summed E-state index contributed by atoms with van der Waals surface area (Å²) >= 11 is 1.52. The zero-order chi connectivity index (χ0) is 17.6. The molecule has 7 nitrogen and oxygen atoms in total. The Morgan fingerprint density at radius 2 is 2.00 bits per heavy atom. The number of likely N-dealkylation sites (tertiary alicyclic amines) is 1. The summed E-state index contributed by atoms with van der Waals surface area (Å²) < 4.78 is 0. The van der Waals surface area contributed by atoms with E-state index in [9.17, 15) is 9.59 Å². The van der Waals surface area contributed by atoms with Gasteiger partial charge >= 0.3 is 5.97 Å². The molecule has 3 rings (SSSR count). The van der Waals surface area contributed by atoms with Crippen molar-refractivity contribution < 1.29 is 14.7 Å². The van der Waals surface area contributed by atoms with E-state index < -0.39 is 5.97 Å². The smallest absolute Gasteiger partial charge is 0.309 e. The minimum Gasteiger partial charge on any atom is -0.481 e. The number of carbonyl (C=O) groups excluding carboxylic acids is 1. The maximum absolute atomic E-state index is 12.3. The maximum Gasteiger partial charge on any atom is 0.309 e. The van der Waals surface area contributed by atoms with Crippen LogP contribution in [0.5, 0.6) is 0 Å². The van der Waals surface area contributed by atoms with Gasteiger partial charge in [-0.3, -0.25) is 19.7 Å². The second-order valence-electron chi connectivity index (χ2n) is 6.02. The zero-order valence-electron chi connectivity index (χ0n) is 13.7. The van der Waals surface area contributed by atoms with Gasteiger partial charge in [0.1, 0.15) is 0 Å². The van der Waals surface area contributed by atoms with Crippen LogP contribution in [-0.2, 0) is 16.0 Å². The van der Waals surface area contributed by atoms with E-state index >= 15 is 0 Å². The number of piperidine rings is 1. The maximum atomic E-state index is 12.3. The van der Waals surface area contributed by atoms with Crippen LogP contribution in [0.15, 0.2) is 35.5 Å². The number of hydrogen-bond donors (Lipinski definition) is 2. The van der Waals surface area contributed by atoms with Crippen LogP contribution in [0.3, 0.4) is 0 Å². The number of H-pyrrole nitrogens is 1. The van der Waals surface area contributed by atoms with Crippen LogP contribution < -0.4 is 0 Å². The molecule has 132 valence electrons. The highest BCUT2D eigenvalue weighted by Gasteiger charge is 2.25. The first-order valence-corrected chi connectivity index (χ1v) is 9.17. The van der Waals surface area contributed by atoms with Crippen LogP contribution >= 0.6 is 11.8 Å². The number of aliphatic carboxylic acids is 1. The zero-order valence-corrected chi connectivity index (χ0v) is 14.5. The standard InChI is InChI=1S/C17H20N4O3S/c22-16(11-25-14-1-5-18-6-2-14)21-7-3-12(4-8-21)15-9-13(19-20-15)10-17(23)24/h1-2,5-6,9,12H,3-4,7-8,10-11H2,(H,19,20)(H,23,24). The monoisotopic (exact) mass is 360 g/mol. The molecule has 1 aliphatic heterocycles. The molecule has 0 spiro atoms. The van der Waals surface area contributed by atoms with Gasteiger partial charge in [0.05, 0.1) is 17.9 Å². The lowest BCUT2D eigenvalue weighted by Crippen LogP contribution is -2.39. The van der Waals surface area contributed by atoms with Crippen molar-refractivity contribution in [1.82, 2.24) is 20.1 Å². The Morgan fingerprint density at radius 3 is 2.68 bits per heavy atom. The van der Waals surface area contributed by atoms with Gasteiger partial charge in [0.25, 0.3) is 0 Å². The lowest BCUT2D eigenvalue weighted by Gasteiger charge is -2.31. The molecule has 0 saturated carbocycles. The van der Waals surface area contributed by atoms with Gasteiger partial charge in [-0.15, -0.1) is 11.8 Å². The van der Waals surface area contributed by atoms with Crippen molar-refractivity contribution in [2.45, 2.75) is 30.1 Å². The molecule has 1 fully saturated rings. The predicted octanol–water partition coefficient (Wildman–Crippen LogP) is 1.93. The number of thioether (sulfide) groups is 1. The number of amides is 1. The molecule has 0 aromatic carbocycles. The Kier molecular flexibility index (Phi) is 5.70. The number of carboxylic acid groups (broad SMARTS) is 1.